The minimum absolute atomic E-state index is 0.0509. The number of benzene rings is 1. The molecule has 0 heterocycles. The zero-order chi connectivity index (χ0) is 15.3. The van der Waals surface area contributed by atoms with E-state index in [0.717, 1.165) is 24.2 Å². The van der Waals surface area contributed by atoms with Gasteiger partial charge in [0.2, 0.25) is 0 Å². The molecule has 0 bridgehead atoms. The highest BCUT2D eigenvalue weighted by molar-refractivity contribution is 6.30. The summed E-state index contributed by atoms with van der Waals surface area (Å²) in [6, 6.07) is 5.72. The summed E-state index contributed by atoms with van der Waals surface area (Å²) < 4.78 is 0. The van der Waals surface area contributed by atoms with Crippen LogP contribution in [0, 0.1) is 0 Å². The number of nitrogens with one attached hydrogen (secondary N) is 1. The zero-order valence-electron chi connectivity index (χ0n) is 13.3. The van der Waals surface area contributed by atoms with Gasteiger partial charge >= 0.3 is 0 Å². The Bertz CT molecular complexity index is 381. The lowest BCUT2D eigenvalue weighted by molar-refractivity contribution is 0.280. The minimum atomic E-state index is 0.0509. The van der Waals surface area contributed by atoms with Crippen molar-refractivity contribution in [3.05, 3.63) is 34.3 Å². The Morgan fingerprint density at radius 2 is 1.62 bits per heavy atom. The normalized spacial score (nSPS) is 11.0. The van der Waals surface area contributed by atoms with Crippen molar-refractivity contribution in [2.45, 2.75) is 71.4 Å². The first-order valence-corrected chi connectivity index (χ1v) is 8.74. The topological polar surface area (TPSA) is 32.3 Å². The predicted molar refractivity (Wildman–Crippen MR) is 91.7 cm³/mol. The van der Waals surface area contributed by atoms with E-state index in [1.165, 1.54) is 51.4 Å². The fraction of sp³-hybridized carbons (Fsp3) is 0.667. The summed E-state index contributed by atoms with van der Waals surface area (Å²) in [5.74, 6) is 0. The van der Waals surface area contributed by atoms with Crippen LogP contribution < -0.4 is 5.32 Å². The maximum absolute atomic E-state index is 9.32. The fourth-order valence-corrected chi connectivity index (χ4v) is 2.72. The fourth-order valence-electron chi connectivity index (χ4n) is 2.52. The van der Waals surface area contributed by atoms with Crippen LogP contribution in [0.3, 0.4) is 0 Å². The summed E-state index contributed by atoms with van der Waals surface area (Å²) in [7, 11) is 0. The molecule has 3 heteroatoms. The molecule has 0 amide bonds. The molecule has 120 valence electrons. The van der Waals surface area contributed by atoms with Crippen LogP contribution in [0.15, 0.2) is 18.2 Å². The van der Waals surface area contributed by atoms with Gasteiger partial charge in [0.1, 0.15) is 0 Å². The molecule has 1 rings (SSSR count). The third-order valence-corrected chi connectivity index (χ3v) is 4.10. The van der Waals surface area contributed by atoms with Crippen LogP contribution in [0.25, 0.3) is 0 Å². The molecule has 2 N–H and O–H groups in total. The Morgan fingerprint density at radius 3 is 2.29 bits per heavy atom. The zero-order valence-corrected chi connectivity index (χ0v) is 14.1. The summed E-state index contributed by atoms with van der Waals surface area (Å²) in [6.45, 7) is 4.16. The molecule has 0 aliphatic carbocycles. The average Bonchev–Trinajstić information content (AvgIpc) is 2.50. The SMILES string of the molecule is CCCCCCCCCCNCc1ccc(Cl)cc1CO. The summed E-state index contributed by atoms with van der Waals surface area (Å²) in [4.78, 5) is 0. The van der Waals surface area contributed by atoms with Gasteiger partial charge in [0, 0.05) is 11.6 Å². The standard InChI is InChI=1S/C18H30ClNO/c1-2-3-4-5-6-7-8-9-12-20-14-16-10-11-18(19)13-17(16)15-21/h10-11,13,20-21H,2-9,12,14-15H2,1H3. The second kappa shape index (κ2) is 12.0. The van der Waals surface area contributed by atoms with Gasteiger partial charge in [-0.25, -0.2) is 0 Å². The largest absolute Gasteiger partial charge is 0.392 e. The molecule has 0 aliphatic heterocycles. The van der Waals surface area contributed by atoms with Crippen LogP contribution >= 0.6 is 11.6 Å². The van der Waals surface area contributed by atoms with Crippen LogP contribution in [0.2, 0.25) is 5.02 Å². The number of halogens is 1. The lowest BCUT2D eigenvalue weighted by Gasteiger charge is -2.09. The molecule has 0 aromatic heterocycles. The van der Waals surface area contributed by atoms with Gasteiger partial charge in [-0.3, -0.25) is 0 Å². The molecule has 1 aromatic carbocycles. The van der Waals surface area contributed by atoms with E-state index < -0.39 is 0 Å². The highest BCUT2D eigenvalue weighted by Gasteiger charge is 2.02. The molecule has 0 unspecified atom stereocenters. The Kier molecular flexibility index (Phi) is 10.6. The van der Waals surface area contributed by atoms with E-state index in [0.29, 0.717) is 5.02 Å². The summed E-state index contributed by atoms with van der Waals surface area (Å²) in [5, 5.41) is 13.5. The number of unbranched alkanes of at least 4 members (excludes halogenated alkanes) is 7. The monoisotopic (exact) mass is 311 g/mol. The van der Waals surface area contributed by atoms with Crippen LogP contribution in [0.1, 0.15) is 69.4 Å². The van der Waals surface area contributed by atoms with E-state index in [1.807, 2.05) is 18.2 Å². The van der Waals surface area contributed by atoms with E-state index in [9.17, 15) is 5.11 Å². The van der Waals surface area contributed by atoms with Gasteiger partial charge in [-0.2, -0.15) is 0 Å². The Labute approximate surface area is 134 Å². The van der Waals surface area contributed by atoms with Crippen LogP contribution in [0.5, 0.6) is 0 Å². The van der Waals surface area contributed by atoms with Crippen LogP contribution in [0.4, 0.5) is 0 Å². The van der Waals surface area contributed by atoms with Crippen molar-refractivity contribution in [1.82, 2.24) is 5.32 Å². The maximum atomic E-state index is 9.32. The minimum Gasteiger partial charge on any atom is -0.392 e. The molecule has 0 spiro atoms. The first kappa shape index (κ1) is 18.5. The van der Waals surface area contributed by atoms with Crippen molar-refractivity contribution in [2.75, 3.05) is 6.54 Å². The third-order valence-electron chi connectivity index (χ3n) is 3.86. The third kappa shape index (κ3) is 8.45. The molecule has 21 heavy (non-hydrogen) atoms. The van der Waals surface area contributed by atoms with Crippen molar-refractivity contribution in [3.8, 4) is 0 Å². The van der Waals surface area contributed by atoms with Gasteiger partial charge in [0.15, 0.2) is 0 Å². The molecular weight excluding hydrogens is 282 g/mol. The van der Waals surface area contributed by atoms with Gasteiger partial charge in [-0.05, 0) is 36.2 Å². The Balaban J connectivity index is 2.04. The molecule has 1 aromatic rings. The molecule has 0 fully saturated rings. The van der Waals surface area contributed by atoms with Gasteiger partial charge in [0.05, 0.1) is 6.61 Å². The van der Waals surface area contributed by atoms with Crippen molar-refractivity contribution in [1.29, 1.82) is 0 Å². The van der Waals surface area contributed by atoms with E-state index in [2.05, 4.69) is 12.2 Å². The first-order chi connectivity index (χ1) is 10.3. The maximum Gasteiger partial charge on any atom is 0.0685 e. The summed E-state index contributed by atoms with van der Waals surface area (Å²) in [5.41, 5.74) is 2.06. The molecule has 0 aliphatic rings. The molecule has 0 saturated carbocycles. The van der Waals surface area contributed by atoms with Gasteiger partial charge < -0.3 is 10.4 Å². The lowest BCUT2D eigenvalue weighted by atomic mass is 10.1. The number of hydrogen-bond acceptors (Lipinski definition) is 2. The van der Waals surface area contributed by atoms with Crippen molar-refractivity contribution >= 4 is 11.6 Å². The lowest BCUT2D eigenvalue weighted by Crippen LogP contribution is -2.15. The highest BCUT2D eigenvalue weighted by atomic mass is 35.5. The van der Waals surface area contributed by atoms with Gasteiger partial charge in [-0.1, -0.05) is 69.5 Å². The van der Waals surface area contributed by atoms with Crippen molar-refractivity contribution in [2.24, 2.45) is 0 Å². The second-order valence-electron chi connectivity index (χ2n) is 5.72. The average molecular weight is 312 g/mol. The number of aliphatic hydroxyl groups is 1. The van der Waals surface area contributed by atoms with E-state index >= 15 is 0 Å². The molecule has 0 radical (unpaired) electrons. The summed E-state index contributed by atoms with van der Waals surface area (Å²) >= 11 is 5.93. The predicted octanol–water partition coefficient (Wildman–Crippen LogP) is 5.06. The number of hydrogen-bond donors (Lipinski definition) is 2. The van der Waals surface area contributed by atoms with Gasteiger partial charge in [-0.15, -0.1) is 0 Å². The number of rotatable bonds is 12. The molecular formula is C18H30ClNO. The van der Waals surface area contributed by atoms with Crippen molar-refractivity contribution in [3.63, 3.8) is 0 Å². The quantitative estimate of drug-likeness (QED) is 0.529. The molecule has 2 nitrogen and oxygen atoms in total. The van der Waals surface area contributed by atoms with E-state index in [4.69, 9.17) is 11.6 Å². The highest BCUT2D eigenvalue weighted by Crippen LogP contribution is 2.16. The molecule has 0 atom stereocenters. The van der Waals surface area contributed by atoms with E-state index in [1.54, 1.807) is 0 Å². The summed E-state index contributed by atoms with van der Waals surface area (Å²) in [6.07, 6.45) is 10.8. The first-order valence-electron chi connectivity index (χ1n) is 8.36. The smallest absolute Gasteiger partial charge is 0.0685 e. The van der Waals surface area contributed by atoms with Crippen molar-refractivity contribution < 1.29 is 5.11 Å². The number of aliphatic hydroxyl groups excluding tert-OH is 1. The second-order valence-corrected chi connectivity index (χ2v) is 6.16. The van der Waals surface area contributed by atoms with Crippen LogP contribution in [-0.2, 0) is 13.2 Å². The van der Waals surface area contributed by atoms with Gasteiger partial charge in [0.25, 0.3) is 0 Å². The molecule has 0 saturated heterocycles. The van der Waals surface area contributed by atoms with Crippen LogP contribution in [-0.4, -0.2) is 11.7 Å². The van der Waals surface area contributed by atoms with E-state index in [-0.39, 0.29) is 6.61 Å². The Hall–Kier alpha value is -0.570. The Morgan fingerprint density at radius 1 is 0.952 bits per heavy atom.